The summed E-state index contributed by atoms with van der Waals surface area (Å²) in [4.78, 5) is 26.9. The molecule has 2 aliphatic heterocycles. The largest absolute Gasteiger partial charge is 0.497 e. The van der Waals surface area contributed by atoms with Crippen LogP contribution in [0.15, 0.2) is 59.8 Å². The van der Waals surface area contributed by atoms with Crippen molar-refractivity contribution in [3.63, 3.8) is 0 Å². The van der Waals surface area contributed by atoms with Gasteiger partial charge in [-0.25, -0.2) is 4.79 Å². The van der Waals surface area contributed by atoms with E-state index in [0.717, 1.165) is 11.1 Å². The number of rotatable bonds is 4. The number of halogens is 1. The van der Waals surface area contributed by atoms with Crippen LogP contribution in [0.1, 0.15) is 17.2 Å². The molecule has 3 amide bonds. The van der Waals surface area contributed by atoms with E-state index in [0.29, 0.717) is 35.1 Å². The minimum atomic E-state index is -0.497. The zero-order valence-corrected chi connectivity index (χ0v) is 15.4. The molecule has 0 aliphatic carbocycles. The predicted octanol–water partition coefficient (Wildman–Crippen LogP) is 3.00. The predicted molar refractivity (Wildman–Crippen MR) is 101 cm³/mol. The molecular formula is C20H18ClN3O3. The van der Waals surface area contributed by atoms with Gasteiger partial charge in [0.15, 0.2) is 0 Å². The van der Waals surface area contributed by atoms with Gasteiger partial charge in [0.1, 0.15) is 5.75 Å². The molecule has 0 bridgehead atoms. The number of hydrogen-bond acceptors (Lipinski definition) is 3. The summed E-state index contributed by atoms with van der Waals surface area (Å²) in [5.41, 5.74) is 2.89. The number of hydrogen-bond donors (Lipinski definition) is 2. The zero-order valence-electron chi connectivity index (χ0n) is 14.7. The Bertz CT molecular complexity index is 940. The van der Waals surface area contributed by atoms with Crippen LogP contribution < -0.4 is 15.4 Å². The van der Waals surface area contributed by atoms with E-state index in [9.17, 15) is 9.59 Å². The monoisotopic (exact) mass is 383 g/mol. The van der Waals surface area contributed by atoms with Gasteiger partial charge in [-0.2, -0.15) is 0 Å². The van der Waals surface area contributed by atoms with Crippen molar-refractivity contribution in [3.05, 3.63) is 76.0 Å². The van der Waals surface area contributed by atoms with Gasteiger partial charge in [-0.3, -0.25) is 4.79 Å². The second-order valence-corrected chi connectivity index (χ2v) is 6.86. The van der Waals surface area contributed by atoms with Crippen molar-refractivity contribution in [1.82, 2.24) is 15.5 Å². The first-order valence-corrected chi connectivity index (χ1v) is 8.92. The Morgan fingerprint density at radius 3 is 2.59 bits per heavy atom. The Hall–Kier alpha value is -2.99. The average molecular weight is 384 g/mol. The normalized spacial score (nSPS) is 18.9. The summed E-state index contributed by atoms with van der Waals surface area (Å²) in [5, 5.41) is 6.23. The summed E-state index contributed by atoms with van der Waals surface area (Å²) in [7, 11) is 1.59. The number of carbonyl (C=O) groups is 2. The molecule has 0 aromatic heterocycles. The van der Waals surface area contributed by atoms with Crippen LogP contribution in [-0.4, -0.2) is 30.5 Å². The van der Waals surface area contributed by atoms with E-state index in [-0.39, 0.29) is 11.9 Å². The summed E-state index contributed by atoms with van der Waals surface area (Å²) in [6.07, 6.45) is 0. The van der Waals surface area contributed by atoms with Crippen LogP contribution >= 0.6 is 11.6 Å². The van der Waals surface area contributed by atoms with Crippen LogP contribution in [0.2, 0.25) is 5.02 Å². The smallest absolute Gasteiger partial charge is 0.319 e. The minimum absolute atomic E-state index is 0.113. The Labute approximate surface area is 161 Å². The van der Waals surface area contributed by atoms with E-state index >= 15 is 0 Å². The number of benzene rings is 2. The third-order valence-electron chi connectivity index (χ3n) is 4.79. The van der Waals surface area contributed by atoms with E-state index in [4.69, 9.17) is 16.3 Å². The first-order chi connectivity index (χ1) is 13.1. The van der Waals surface area contributed by atoms with E-state index in [2.05, 4.69) is 10.6 Å². The van der Waals surface area contributed by atoms with Gasteiger partial charge in [0.05, 0.1) is 31.0 Å². The number of amides is 3. The summed E-state index contributed by atoms with van der Waals surface area (Å²) in [5.74, 6) is 0.601. The third kappa shape index (κ3) is 3.24. The maximum atomic E-state index is 13.1. The number of urea groups is 1. The van der Waals surface area contributed by atoms with Gasteiger partial charge >= 0.3 is 6.03 Å². The molecule has 0 fully saturated rings. The van der Waals surface area contributed by atoms with Crippen molar-refractivity contribution in [2.45, 2.75) is 12.6 Å². The van der Waals surface area contributed by atoms with Gasteiger partial charge in [-0.05, 0) is 29.3 Å². The Morgan fingerprint density at radius 2 is 1.89 bits per heavy atom. The molecule has 2 N–H and O–H groups in total. The lowest BCUT2D eigenvalue weighted by atomic mass is 9.96. The quantitative estimate of drug-likeness (QED) is 0.852. The molecule has 138 valence electrons. The number of methoxy groups -OCH3 is 1. The minimum Gasteiger partial charge on any atom is -0.497 e. The maximum Gasteiger partial charge on any atom is 0.319 e. The molecule has 2 aromatic rings. The first-order valence-electron chi connectivity index (χ1n) is 8.54. The molecule has 6 nitrogen and oxygen atoms in total. The van der Waals surface area contributed by atoms with Gasteiger partial charge in [0.2, 0.25) is 0 Å². The second kappa shape index (κ2) is 6.96. The molecule has 2 aromatic carbocycles. The lowest BCUT2D eigenvalue weighted by molar-refractivity contribution is -0.126. The van der Waals surface area contributed by atoms with E-state index < -0.39 is 6.04 Å². The van der Waals surface area contributed by atoms with Crippen molar-refractivity contribution in [3.8, 4) is 5.75 Å². The SMILES string of the molecule is COc1ccc(C2NC(=O)NC3=C2C(=O)N(Cc2ccccc2Cl)C3)cc1. The molecule has 27 heavy (non-hydrogen) atoms. The summed E-state index contributed by atoms with van der Waals surface area (Å²) < 4.78 is 5.18. The van der Waals surface area contributed by atoms with Crippen molar-refractivity contribution in [2.75, 3.05) is 13.7 Å². The van der Waals surface area contributed by atoms with Crippen LogP contribution in [-0.2, 0) is 11.3 Å². The van der Waals surface area contributed by atoms with E-state index in [1.54, 1.807) is 18.1 Å². The van der Waals surface area contributed by atoms with Crippen molar-refractivity contribution < 1.29 is 14.3 Å². The highest BCUT2D eigenvalue weighted by molar-refractivity contribution is 6.31. The molecule has 0 saturated carbocycles. The highest BCUT2D eigenvalue weighted by Gasteiger charge is 2.40. The standard InChI is InChI=1S/C20H18ClN3O3/c1-27-14-8-6-12(7-9-14)18-17-16(22-20(26)23-18)11-24(19(17)25)10-13-4-2-3-5-15(13)21/h2-9,18H,10-11H2,1H3,(H2,22,23,26). The molecule has 0 radical (unpaired) electrons. The number of nitrogens with zero attached hydrogens (tertiary/aromatic N) is 1. The number of nitrogens with one attached hydrogen (secondary N) is 2. The fraction of sp³-hybridized carbons (Fsp3) is 0.200. The maximum absolute atomic E-state index is 13.1. The van der Waals surface area contributed by atoms with Gasteiger partial charge in [0.25, 0.3) is 5.91 Å². The van der Waals surface area contributed by atoms with Gasteiger partial charge in [-0.15, -0.1) is 0 Å². The summed E-state index contributed by atoms with van der Waals surface area (Å²) in [6, 6.07) is 13.9. The zero-order chi connectivity index (χ0) is 19.0. The summed E-state index contributed by atoms with van der Waals surface area (Å²) in [6.45, 7) is 0.732. The Kier molecular flexibility index (Phi) is 4.49. The molecule has 0 saturated heterocycles. The second-order valence-electron chi connectivity index (χ2n) is 6.45. The highest BCUT2D eigenvalue weighted by atomic mass is 35.5. The number of ether oxygens (including phenoxy) is 1. The van der Waals surface area contributed by atoms with Crippen molar-refractivity contribution >= 4 is 23.5 Å². The molecule has 4 rings (SSSR count). The fourth-order valence-corrected chi connectivity index (χ4v) is 3.63. The molecular weight excluding hydrogens is 366 g/mol. The summed E-state index contributed by atoms with van der Waals surface area (Å²) >= 11 is 6.23. The lowest BCUT2D eigenvalue weighted by Gasteiger charge is -2.25. The molecule has 1 unspecified atom stereocenters. The van der Waals surface area contributed by atoms with E-state index in [1.807, 2.05) is 42.5 Å². The Balaban J connectivity index is 1.62. The van der Waals surface area contributed by atoms with Crippen LogP contribution in [0, 0.1) is 0 Å². The van der Waals surface area contributed by atoms with Crippen LogP contribution in [0.4, 0.5) is 4.79 Å². The van der Waals surface area contributed by atoms with Crippen LogP contribution in [0.25, 0.3) is 0 Å². The fourth-order valence-electron chi connectivity index (χ4n) is 3.43. The first kappa shape index (κ1) is 17.4. The molecule has 0 spiro atoms. The molecule has 2 heterocycles. The van der Waals surface area contributed by atoms with Gasteiger partial charge in [0, 0.05) is 11.6 Å². The topological polar surface area (TPSA) is 70.7 Å². The van der Waals surface area contributed by atoms with Gasteiger partial charge in [-0.1, -0.05) is 41.9 Å². The highest BCUT2D eigenvalue weighted by Crippen LogP contribution is 2.34. The third-order valence-corrected chi connectivity index (χ3v) is 5.16. The Morgan fingerprint density at radius 1 is 1.15 bits per heavy atom. The molecule has 1 atom stereocenters. The number of carbonyl (C=O) groups excluding carboxylic acids is 2. The molecule has 2 aliphatic rings. The van der Waals surface area contributed by atoms with Crippen molar-refractivity contribution in [2.24, 2.45) is 0 Å². The van der Waals surface area contributed by atoms with Crippen LogP contribution in [0.5, 0.6) is 5.75 Å². The lowest BCUT2D eigenvalue weighted by Crippen LogP contribution is -2.44. The van der Waals surface area contributed by atoms with Crippen molar-refractivity contribution in [1.29, 1.82) is 0 Å². The van der Waals surface area contributed by atoms with E-state index in [1.165, 1.54) is 0 Å². The van der Waals surface area contributed by atoms with Gasteiger partial charge < -0.3 is 20.3 Å². The average Bonchev–Trinajstić information content (AvgIpc) is 2.98. The van der Waals surface area contributed by atoms with Crippen LogP contribution in [0.3, 0.4) is 0 Å². The molecule has 7 heteroatoms.